The van der Waals surface area contributed by atoms with Crippen molar-refractivity contribution in [3.63, 3.8) is 0 Å². The van der Waals surface area contributed by atoms with E-state index in [1.807, 2.05) is 42.5 Å². The fourth-order valence-electron chi connectivity index (χ4n) is 1.70. The molecule has 2 aromatic rings. The standard InChI is InChI=1S/C16H15BrO2/c17-11-4-12-19-15-9-7-14(8-10-15)16(18)13-5-2-1-3-6-13/h1-3,5-10H,4,11-12H2. The second-order valence-electron chi connectivity index (χ2n) is 4.11. The van der Waals surface area contributed by atoms with E-state index in [-0.39, 0.29) is 5.78 Å². The lowest BCUT2D eigenvalue weighted by molar-refractivity contribution is 0.103. The van der Waals surface area contributed by atoms with Crippen LogP contribution in [0.5, 0.6) is 5.75 Å². The van der Waals surface area contributed by atoms with Crippen LogP contribution < -0.4 is 4.74 Å². The molecule has 0 saturated heterocycles. The van der Waals surface area contributed by atoms with Gasteiger partial charge < -0.3 is 4.74 Å². The lowest BCUT2D eigenvalue weighted by Crippen LogP contribution is -2.01. The minimum absolute atomic E-state index is 0.0348. The molecule has 0 aromatic heterocycles. The largest absolute Gasteiger partial charge is 0.494 e. The lowest BCUT2D eigenvalue weighted by Gasteiger charge is -2.06. The zero-order valence-electron chi connectivity index (χ0n) is 10.5. The first kappa shape index (κ1) is 13.8. The molecule has 2 aromatic carbocycles. The maximum atomic E-state index is 12.2. The molecule has 0 amide bonds. The summed E-state index contributed by atoms with van der Waals surface area (Å²) in [5.41, 5.74) is 1.38. The van der Waals surface area contributed by atoms with Gasteiger partial charge in [-0.25, -0.2) is 0 Å². The first-order valence-corrected chi connectivity index (χ1v) is 7.32. The summed E-state index contributed by atoms with van der Waals surface area (Å²) in [6.45, 7) is 0.678. The van der Waals surface area contributed by atoms with Gasteiger partial charge in [0.05, 0.1) is 6.61 Å². The molecule has 0 fully saturated rings. The van der Waals surface area contributed by atoms with E-state index >= 15 is 0 Å². The van der Waals surface area contributed by atoms with E-state index in [1.54, 1.807) is 12.1 Å². The molecule has 0 heterocycles. The van der Waals surface area contributed by atoms with Crippen LogP contribution in [-0.2, 0) is 0 Å². The quantitative estimate of drug-likeness (QED) is 0.455. The minimum Gasteiger partial charge on any atom is -0.494 e. The number of benzene rings is 2. The van der Waals surface area contributed by atoms with Gasteiger partial charge in [0.15, 0.2) is 5.78 Å². The van der Waals surface area contributed by atoms with E-state index < -0.39 is 0 Å². The summed E-state index contributed by atoms with van der Waals surface area (Å²) >= 11 is 3.35. The van der Waals surface area contributed by atoms with E-state index in [0.29, 0.717) is 17.7 Å². The van der Waals surface area contributed by atoms with Crippen molar-refractivity contribution in [2.24, 2.45) is 0 Å². The Hall–Kier alpha value is -1.61. The average molecular weight is 319 g/mol. The summed E-state index contributed by atoms with van der Waals surface area (Å²) in [7, 11) is 0. The van der Waals surface area contributed by atoms with Gasteiger partial charge in [0.25, 0.3) is 0 Å². The molecule has 0 saturated carbocycles. The molecular formula is C16H15BrO2. The van der Waals surface area contributed by atoms with E-state index in [0.717, 1.165) is 17.5 Å². The topological polar surface area (TPSA) is 26.3 Å². The summed E-state index contributed by atoms with van der Waals surface area (Å²) in [6, 6.07) is 16.6. The number of hydrogen-bond acceptors (Lipinski definition) is 2. The zero-order valence-corrected chi connectivity index (χ0v) is 12.1. The maximum Gasteiger partial charge on any atom is 0.193 e. The van der Waals surface area contributed by atoms with E-state index in [9.17, 15) is 4.79 Å². The molecule has 2 rings (SSSR count). The number of halogens is 1. The highest BCUT2D eigenvalue weighted by atomic mass is 79.9. The normalized spacial score (nSPS) is 10.2. The van der Waals surface area contributed by atoms with Crippen molar-refractivity contribution in [3.05, 3.63) is 65.7 Å². The molecule has 0 aliphatic rings. The Morgan fingerprint density at radius 1 is 0.947 bits per heavy atom. The zero-order chi connectivity index (χ0) is 13.5. The van der Waals surface area contributed by atoms with Gasteiger partial charge in [-0.2, -0.15) is 0 Å². The van der Waals surface area contributed by atoms with Crippen LogP contribution in [0.3, 0.4) is 0 Å². The van der Waals surface area contributed by atoms with Gasteiger partial charge in [0, 0.05) is 16.5 Å². The van der Waals surface area contributed by atoms with Crippen LogP contribution in [0.4, 0.5) is 0 Å². The number of carbonyl (C=O) groups excluding carboxylic acids is 1. The van der Waals surface area contributed by atoms with Crippen molar-refractivity contribution < 1.29 is 9.53 Å². The first-order chi connectivity index (χ1) is 9.31. The molecular weight excluding hydrogens is 304 g/mol. The van der Waals surface area contributed by atoms with Crippen molar-refractivity contribution in [3.8, 4) is 5.75 Å². The highest BCUT2D eigenvalue weighted by Crippen LogP contribution is 2.15. The highest BCUT2D eigenvalue weighted by Gasteiger charge is 2.08. The second-order valence-corrected chi connectivity index (χ2v) is 4.90. The number of ether oxygens (including phenoxy) is 1. The molecule has 0 atom stereocenters. The summed E-state index contributed by atoms with van der Waals surface area (Å²) in [5.74, 6) is 0.832. The van der Waals surface area contributed by atoms with Crippen molar-refractivity contribution in [1.29, 1.82) is 0 Å². The van der Waals surface area contributed by atoms with Crippen LogP contribution in [0, 0.1) is 0 Å². The summed E-state index contributed by atoms with van der Waals surface area (Å²) in [5, 5.41) is 0.928. The SMILES string of the molecule is O=C(c1ccccc1)c1ccc(OCCCBr)cc1. The Kier molecular flexibility index (Phi) is 5.16. The number of rotatable bonds is 6. The second kappa shape index (κ2) is 7.10. The van der Waals surface area contributed by atoms with E-state index in [1.165, 1.54) is 0 Å². The van der Waals surface area contributed by atoms with Gasteiger partial charge in [-0.15, -0.1) is 0 Å². The van der Waals surface area contributed by atoms with Crippen molar-refractivity contribution in [1.82, 2.24) is 0 Å². The van der Waals surface area contributed by atoms with E-state index in [2.05, 4.69) is 15.9 Å². The Labute approximate surface area is 121 Å². The fraction of sp³-hybridized carbons (Fsp3) is 0.188. The summed E-state index contributed by atoms with van der Waals surface area (Å²) in [6.07, 6.45) is 0.963. The molecule has 0 N–H and O–H groups in total. The molecule has 0 spiro atoms. The van der Waals surface area contributed by atoms with Crippen molar-refractivity contribution in [2.45, 2.75) is 6.42 Å². The van der Waals surface area contributed by atoms with Crippen LogP contribution >= 0.6 is 15.9 Å². The van der Waals surface area contributed by atoms with Crippen LogP contribution in [0.2, 0.25) is 0 Å². The van der Waals surface area contributed by atoms with Gasteiger partial charge in [-0.3, -0.25) is 4.79 Å². The Morgan fingerprint density at radius 2 is 1.58 bits per heavy atom. The predicted molar refractivity (Wildman–Crippen MR) is 80.2 cm³/mol. The molecule has 0 unspecified atom stereocenters. The lowest BCUT2D eigenvalue weighted by atomic mass is 10.0. The number of ketones is 1. The predicted octanol–water partition coefficient (Wildman–Crippen LogP) is 4.08. The van der Waals surface area contributed by atoms with Gasteiger partial charge in [-0.1, -0.05) is 46.3 Å². The van der Waals surface area contributed by atoms with E-state index in [4.69, 9.17) is 4.74 Å². The third-order valence-corrected chi connectivity index (χ3v) is 3.26. The highest BCUT2D eigenvalue weighted by molar-refractivity contribution is 9.09. The smallest absolute Gasteiger partial charge is 0.193 e. The molecule has 0 bridgehead atoms. The maximum absolute atomic E-state index is 12.2. The molecule has 0 aliphatic heterocycles. The summed E-state index contributed by atoms with van der Waals surface area (Å²) < 4.78 is 5.55. The Balaban J connectivity index is 2.04. The van der Waals surface area contributed by atoms with Gasteiger partial charge in [-0.05, 0) is 30.7 Å². The van der Waals surface area contributed by atoms with Crippen LogP contribution in [0.25, 0.3) is 0 Å². The Bertz CT molecular complexity index is 520. The van der Waals surface area contributed by atoms with Gasteiger partial charge in [0.1, 0.15) is 5.75 Å². The summed E-state index contributed by atoms with van der Waals surface area (Å²) in [4.78, 5) is 12.2. The first-order valence-electron chi connectivity index (χ1n) is 6.20. The Morgan fingerprint density at radius 3 is 2.21 bits per heavy atom. The molecule has 3 heteroatoms. The number of alkyl halides is 1. The monoisotopic (exact) mass is 318 g/mol. The van der Waals surface area contributed by atoms with Crippen LogP contribution in [-0.4, -0.2) is 17.7 Å². The third kappa shape index (κ3) is 3.93. The van der Waals surface area contributed by atoms with Gasteiger partial charge >= 0.3 is 0 Å². The van der Waals surface area contributed by atoms with Crippen LogP contribution in [0.1, 0.15) is 22.3 Å². The molecule has 19 heavy (non-hydrogen) atoms. The molecule has 98 valence electrons. The minimum atomic E-state index is 0.0348. The van der Waals surface area contributed by atoms with Crippen molar-refractivity contribution >= 4 is 21.7 Å². The molecule has 0 radical (unpaired) electrons. The van der Waals surface area contributed by atoms with Gasteiger partial charge in [0.2, 0.25) is 0 Å². The third-order valence-electron chi connectivity index (χ3n) is 2.70. The van der Waals surface area contributed by atoms with Crippen molar-refractivity contribution in [2.75, 3.05) is 11.9 Å². The molecule has 2 nitrogen and oxygen atoms in total. The molecule has 0 aliphatic carbocycles. The number of carbonyl (C=O) groups is 1. The average Bonchev–Trinajstić information content (AvgIpc) is 2.48. The fourth-order valence-corrected chi connectivity index (χ4v) is 1.93. The number of hydrogen-bond donors (Lipinski definition) is 0. The van der Waals surface area contributed by atoms with Crippen LogP contribution in [0.15, 0.2) is 54.6 Å².